The van der Waals surface area contributed by atoms with E-state index in [2.05, 4.69) is 10.6 Å². The first-order valence-electron chi connectivity index (χ1n) is 4.75. The quantitative estimate of drug-likeness (QED) is 0.667. The number of hydrogen-bond acceptors (Lipinski definition) is 4. The summed E-state index contributed by atoms with van der Waals surface area (Å²) in [7, 11) is 0. The van der Waals surface area contributed by atoms with Crippen molar-refractivity contribution in [3.8, 4) is 11.5 Å². The van der Waals surface area contributed by atoms with Crippen molar-refractivity contribution >= 4 is 11.9 Å². The minimum Gasteiger partial charge on any atom is -0.454 e. The van der Waals surface area contributed by atoms with Crippen molar-refractivity contribution < 1.29 is 19.1 Å². The van der Waals surface area contributed by atoms with E-state index in [9.17, 15) is 9.59 Å². The van der Waals surface area contributed by atoms with E-state index in [0.29, 0.717) is 17.1 Å². The molecule has 82 valence electrons. The van der Waals surface area contributed by atoms with E-state index in [1.807, 2.05) is 0 Å². The predicted molar refractivity (Wildman–Crippen MR) is 52.0 cm³/mol. The molecule has 0 saturated carbocycles. The van der Waals surface area contributed by atoms with E-state index in [4.69, 9.17) is 9.47 Å². The highest BCUT2D eigenvalue weighted by Gasteiger charge is 2.31. The van der Waals surface area contributed by atoms with Crippen LogP contribution in [0.25, 0.3) is 0 Å². The van der Waals surface area contributed by atoms with E-state index in [-0.39, 0.29) is 12.7 Å². The Hall–Kier alpha value is -2.24. The van der Waals surface area contributed by atoms with Crippen LogP contribution in [0.5, 0.6) is 11.5 Å². The first-order valence-corrected chi connectivity index (χ1v) is 4.75. The minimum atomic E-state index is -0.651. The molecule has 16 heavy (non-hydrogen) atoms. The van der Waals surface area contributed by atoms with Gasteiger partial charge in [-0.2, -0.15) is 0 Å². The Balaban J connectivity index is 1.95. The summed E-state index contributed by atoms with van der Waals surface area (Å²) in [5.41, 5.74) is 0.674. The van der Waals surface area contributed by atoms with Crippen molar-refractivity contribution in [1.82, 2.24) is 10.6 Å². The summed E-state index contributed by atoms with van der Waals surface area (Å²) in [5.74, 6) is 0.879. The molecule has 6 nitrogen and oxygen atoms in total. The largest absolute Gasteiger partial charge is 0.454 e. The number of ether oxygens (including phenoxy) is 2. The number of nitrogens with one attached hydrogen (secondary N) is 2. The lowest BCUT2D eigenvalue weighted by Gasteiger charge is -2.07. The first-order chi connectivity index (χ1) is 7.74. The Morgan fingerprint density at radius 2 is 2.00 bits per heavy atom. The molecule has 3 rings (SSSR count). The SMILES string of the molecule is O=C1NC(=O)[C@@H](c2ccc3c(c2)OCO3)N1. The number of carbonyl (C=O) groups is 2. The fraction of sp³-hybridized carbons (Fsp3) is 0.200. The van der Waals surface area contributed by atoms with Crippen LogP contribution in [0.2, 0.25) is 0 Å². The standard InChI is InChI=1S/C10H8N2O4/c13-9-8(11-10(14)12-9)5-1-2-6-7(3-5)16-4-15-6/h1-3,8H,4H2,(H2,11,12,13,14)/t8-/m1/s1. The number of amides is 3. The van der Waals surface area contributed by atoms with Gasteiger partial charge in [-0.15, -0.1) is 0 Å². The van der Waals surface area contributed by atoms with Gasteiger partial charge in [-0.05, 0) is 17.7 Å². The van der Waals surface area contributed by atoms with Crippen LogP contribution in [-0.4, -0.2) is 18.7 Å². The zero-order valence-corrected chi connectivity index (χ0v) is 8.15. The molecule has 0 bridgehead atoms. The molecule has 0 aromatic heterocycles. The Labute approximate surface area is 90.5 Å². The lowest BCUT2D eigenvalue weighted by atomic mass is 10.1. The van der Waals surface area contributed by atoms with Gasteiger partial charge in [0.15, 0.2) is 11.5 Å². The Morgan fingerprint density at radius 1 is 1.19 bits per heavy atom. The van der Waals surface area contributed by atoms with Gasteiger partial charge in [0.1, 0.15) is 6.04 Å². The van der Waals surface area contributed by atoms with E-state index in [1.165, 1.54) is 0 Å². The smallest absolute Gasteiger partial charge is 0.322 e. The van der Waals surface area contributed by atoms with Crippen molar-refractivity contribution in [1.29, 1.82) is 0 Å². The molecule has 1 fully saturated rings. The van der Waals surface area contributed by atoms with Gasteiger partial charge < -0.3 is 14.8 Å². The molecule has 1 aromatic rings. The van der Waals surface area contributed by atoms with Crippen LogP contribution >= 0.6 is 0 Å². The third-order valence-corrected chi connectivity index (χ3v) is 2.50. The van der Waals surface area contributed by atoms with Gasteiger partial charge in [0.05, 0.1) is 0 Å². The zero-order valence-electron chi connectivity index (χ0n) is 8.15. The Bertz CT molecular complexity index is 486. The monoisotopic (exact) mass is 220 g/mol. The molecule has 1 saturated heterocycles. The van der Waals surface area contributed by atoms with Crippen molar-refractivity contribution in [3.63, 3.8) is 0 Å². The topological polar surface area (TPSA) is 76.7 Å². The number of urea groups is 1. The molecular formula is C10H8N2O4. The maximum atomic E-state index is 11.4. The van der Waals surface area contributed by atoms with Crippen molar-refractivity contribution in [2.75, 3.05) is 6.79 Å². The van der Waals surface area contributed by atoms with Crippen LogP contribution in [0, 0.1) is 0 Å². The Morgan fingerprint density at radius 3 is 2.75 bits per heavy atom. The van der Waals surface area contributed by atoms with E-state index < -0.39 is 12.1 Å². The summed E-state index contributed by atoms with van der Waals surface area (Å²) in [6, 6.07) is 4.01. The van der Waals surface area contributed by atoms with Gasteiger partial charge in [0.2, 0.25) is 6.79 Å². The van der Waals surface area contributed by atoms with Gasteiger partial charge >= 0.3 is 6.03 Å². The molecule has 0 unspecified atom stereocenters. The number of hydrogen-bond donors (Lipinski definition) is 2. The number of carbonyl (C=O) groups excluding carboxylic acids is 2. The molecule has 2 aliphatic rings. The molecule has 0 spiro atoms. The second-order valence-corrected chi connectivity index (χ2v) is 3.51. The average molecular weight is 220 g/mol. The summed E-state index contributed by atoms with van der Waals surface area (Å²) in [5, 5.41) is 4.69. The third-order valence-electron chi connectivity index (χ3n) is 2.50. The number of benzene rings is 1. The van der Waals surface area contributed by atoms with E-state index in [1.54, 1.807) is 18.2 Å². The van der Waals surface area contributed by atoms with Crippen molar-refractivity contribution in [2.45, 2.75) is 6.04 Å². The van der Waals surface area contributed by atoms with Crippen LogP contribution in [0.4, 0.5) is 4.79 Å². The van der Waals surface area contributed by atoms with Crippen molar-refractivity contribution in [3.05, 3.63) is 23.8 Å². The van der Waals surface area contributed by atoms with Crippen LogP contribution in [0.15, 0.2) is 18.2 Å². The zero-order chi connectivity index (χ0) is 11.1. The highest BCUT2D eigenvalue weighted by Crippen LogP contribution is 2.34. The minimum absolute atomic E-state index is 0.183. The van der Waals surface area contributed by atoms with Crippen LogP contribution in [-0.2, 0) is 4.79 Å². The van der Waals surface area contributed by atoms with Gasteiger partial charge in [-0.1, -0.05) is 6.07 Å². The van der Waals surface area contributed by atoms with Crippen LogP contribution in [0.3, 0.4) is 0 Å². The van der Waals surface area contributed by atoms with E-state index in [0.717, 1.165) is 0 Å². The van der Waals surface area contributed by atoms with Crippen LogP contribution < -0.4 is 20.1 Å². The molecule has 1 aromatic carbocycles. The molecular weight excluding hydrogens is 212 g/mol. The summed E-state index contributed by atoms with van der Waals surface area (Å²) in [6.07, 6.45) is 0. The fourth-order valence-corrected chi connectivity index (χ4v) is 1.74. The average Bonchev–Trinajstić information content (AvgIpc) is 2.83. The summed E-state index contributed by atoms with van der Waals surface area (Å²) >= 11 is 0. The van der Waals surface area contributed by atoms with Gasteiger partial charge in [-0.3, -0.25) is 10.1 Å². The van der Waals surface area contributed by atoms with Gasteiger partial charge in [0.25, 0.3) is 5.91 Å². The predicted octanol–water partition coefficient (Wildman–Crippen LogP) is 0.296. The Kier molecular flexibility index (Phi) is 1.76. The normalized spacial score (nSPS) is 21.9. The maximum absolute atomic E-state index is 11.4. The second-order valence-electron chi connectivity index (χ2n) is 3.51. The number of rotatable bonds is 1. The molecule has 1 atom stereocenters. The first kappa shape index (κ1) is 9.02. The van der Waals surface area contributed by atoms with Gasteiger partial charge in [-0.25, -0.2) is 4.79 Å². The maximum Gasteiger partial charge on any atom is 0.322 e. The summed E-state index contributed by atoms with van der Waals surface area (Å²) in [4.78, 5) is 22.4. The molecule has 0 aliphatic carbocycles. The molecule has 2 aliphatic heterocycles. The van der Waals surface area contributed by atoms with Gasteiger partial charge in [0, 0.05) is 0 Å². The molecule has 0 radical (unpaired) electrons. The summed E-state index contributed by atoms with van der Waals surface area (Å²) < 4.78 is 10.3. The lowest BCUT2D eigenvalue weighted by molar-refractivity contribution is -0.120. The third kappa shape index (κ3) is 1.27. The molecule has 2 heterocycles. The summed E-state index contributed by atoms with van der Waals surface area (Å²) in [6.45, 7) is 0.183. The highest BCUT2D eigenvalue weighted by atomic mass is 16.7. The lowest BCUT2D eigenvalue weighted by Crippen LogP contribution is -2.22. The molecule has 3 amide bonds. The fourth-order valence-electron chi connectivity index (χ4n) is 1.74. The number of imide groups is 1. The second kappa shape index (κ2) is 3.13. The molecule has 2 N–H and O–H groups in total. The molecule has 6 heteroatoms. The highest BCUT2D eigenvalue weighted by molar-refractivity contribution is 6.04. The van der Waals surface area contributed by atoms with E-state index >= 15 is 0 Å². The van der Waals surface area contributed by atoms with Crippen molar-refractivity contribution in [2.24, 2.45) is 0 Å². The van der Waals surface area contributed by atoms with Crippen LogP contribution in [0.1, 0.15) is 11.6 Å². The number of fused-ring (bicyclic) bond motifs is 1.